The molecule has 0 bridgehead atoms. The van der Waals surface area contributed by atoms with Crippen LogP contribution in [0.1, 0.15) is 26.0 Å². The smallest absolute Gasteiger partial charge is 0.244 e. The predicted molar refractivity (Wildman–Crippen MR) is 68.0 cm³/mol. The summed E-state index contributed by atoms with van der Waals surface area (Å²) in [6.45, 7) is 4.93. The number of aromatic nitrogens is 1. The van der Waals surface area contributed by atoms with Crippen LogP contribution in [0.4, 0.5) is 0 Å². The van der Waals surface area contributed by atoms with Crippen molar-refractivity contribution in [3.63, 3.8) is 0 Å². The molecule has 1 heterocycles. The highest BCUT2D eigenvalue weighted by Crippen LogP contribution is 2.17. The van der Waals surface area contributed by atoms with Gasteiger partial charge in [-0.15, -0.1) is 0 Å². The number of nitrogens with one attached hydrogen (secondary N) is 1. The molecular weight excluding hydrogens is 238 g/mol. The Morgan fingerprint density at radius 1 is 1.53 bits per heavy atom. The van der Waals surface area contributed by atoms with Crippen molar-refractivity contribution in [1.82, 2.24) is 9.29 Å². The summed E-state index contributed by atoms with van der Waals surface area (Å²) in [5.41, 5.74) is 6.17. The first-order chi connectivity index (χ1) is 7.91. The fourth-order valence-corrected chi connectivity index (χ4v) is 2.84. The van der Waals surface area contributed by atoms with Crippen LogP contribution in [0.3, 0.4) is 0 Å². The van der Waals surface area contributed by atoms with E-state index in [2.05, 4.69) is 4.98 Å². The number of hydrogen-bond donors (Lipinski definition) is 2. The van der Waals surface area contributed by atoms with Crippen LogP contribution in [-0.2, 0) is 16.6 Å². The first-order valence-corrected chi connectivity index (χ1v) is 7.19. The number of nitrogens with zero attached hydrogens (tertiary/aromatic N) is 1. The maximum absolute atomic E-state index is 12.2. The van der Waals surface area contributed by atoms with Crippen molar-refractivity contribution in [2.75, 3.05) is 13.6 Å². The molecule has 6 heteroatoms. The van der Waals surface area contributed by atoms with Gasteiger partial charge >= 0.3 is 0 Å². The Hall–Kier alpha value is -0.850. The largest absolute Gasteiger partial charge is 0.363 e. The highest BCUT2D eigenvalue weighted by molar-refractivity contribution is 7.89. The third-order valence-electron chi connectivity index (χ3n) is 2.91. The lowest BCUT2D eigenvalue weighted by atomic mass is 10.1. The third-order valence-corrected chi connectivity index (χ3v) is 4.71. The minimum atomic E-state index is -3.39. The van der Waals surface area contributed by atoms with E-state index in [9.17, 15) is 8.42 Å². The Balaban J connectivity index is 2.87. The van der Waals surface area contributed by atoms with E-state index in [0.29, 0.717) is 19.0 Å². The topological polar surface area (TPSA) is 79.2 Å². The molecule has 0 saturated heterocycles. The van der Waals surface area contributed by atoms with Crippen LogP contribution >= 0.6 is 0 Å². The third kappa shape index (κ3) is 3.31. The van der Waals surface area contributed by atoms with Crippen molar-refractivity contribution in [2.24, 2.45) is 11.7 Å². The fourth-order valence-electron chi connectivity index (χ4n) is 1.53. The number of aromatic amines is 1. The first kappa shape index (κ1) is 14.2. The van der Waals surface area contributed by atoms with Gasteiger partial charge in [0, 0.05) is 32.0 Å². The van der Waals surface area contributed by atoms with Gasteiger partial charge in [0.25, 0.3) is 0 Å². The molecule has 5 nitrogen and oxygen atoms in total. The normalized spacial score (nSPS) is 14.2. The lowest BCUT2D eigenvalue weighted by Gasteiger charge is -2.19. The van der Waals surface area contributed by atoms with E-state index in [1.807, 2.05) is 13.8 Å². The molecular formula is C11H21N3O2S. The number of nitrogens with two attached hydrogens (primary N) is 1. The van der Waals surface area contributed by atoms with Gasteiger partial charge in [0.2, 0.25) is 10.0 Å². The molecule has 98 valence electrons. The lowest BCUT2D eigenvalue weighted by Crippen LogP contribution is -2.30. The molecule has 1 rings (SSSR count). The van der Waals surface area contributed by atoms with Crippen LogP contribution in [0.5, 0.6) is 0 Å². The van der Waals surface area contributed by atoms with Gasteiger partial charge in [-0.2, -0.15) is 0 Å². The average Bonchev–Trinajstić information content (AvgIpc) is 2.77. The van der Waals surface area contributed by atoms with E-state index in [1.54, 1.807) is 13.1 Å². The van der Waals surface area contributed by atoms with Gasteiger partial charge in [0.1, 0.15) is 0 Å². The summed E-state index contributed by atoms with van der Waals surface area (Å²) in [6, 6.07) is 1.59. The molecule has 0 aliphatic heterocycles. The summed E-state index contributed by atoms with van der Waals surface area (Å²) < 4.78 is 25.7. The molecule has 0 aliphatic rings. The van der Waals surface area contributed by atoms with Crippen molar-refractivity contribution >= 4 is 10.0 Å². The van der Waals surface area contributed by atoms with E-state index in [4.69, 9.17) is 5.73 Å². The first-order valence-electron chi connectivity index (χ1n) is 5.75. The maximum Gasteiger partial charge on any atom is 0.244 e. The summed E-state index contributed by atoms with van der Waals surface area (Å²) in [6.07, 6.45) is 2.45. The van der Waals surface area contributed by atoms with Gasteiger partial charge in [0.15, 0.2) is 0 Å². The van der Waals surface area contributed by atoms with Gasteiger partial charge in [-0.3, -0.25) is 0 Å². The molecule has 0 spiro atoms. The summed E-state index contributed by atoms with van der Waals surface area (Å²) >= 11 is 0. The van der Waals surface area contributed by atoms with Crippen LogP contribution in [-0.4, -0.2) is 31.3 Å². The monoisotopic (exact) mass is 259 g/mol. The zero-order chi connectivity index (χ0) is 13.1. The maximum atomic E-state index is 12.2. The second kappa shape index (κ2) is 5.66. The highest BCUT2D eigenvalue weighted by atomic mass is 32.2. The molecule has 1 atom stereocenters. The van der Waals surface area contributed by atoms with E-state index >= 15 is 0 Å². The second-order valence-electron chi connectivity index (χ2n) is 4.36. The van der Waals surface area contributed by atoms with Crippen LogP contribution in [0, 0.1) is 5.92 Å². The molecule has 0 fully saturated rings. The molecule has 17 heavy (non-hydrogen) atoms. The van der Waals surface area contributed by atoms with Gasteiger partial charge in [-0.1, -0.05) is 20.3 Å². The Labute approximate surface area is 103 Å². The van der Waals surface area contributed by atoms with Crippen molar-refractivity contribution in [3.05, 3.63) is 18.0 Å². The molecule has 3 N–H and O–H groups in total. The van der Waals surface area contributed by atoms with Gasteiger partial charge in [-0.05, 0) is 12.0 Å². The number of rotatable bonds is 6. The SMILES string of the molecule is CCC(C)CN(C)S(=O)(=O)c1c[nH]c(CN)c1. The Bertz CT molecular complexity index is 453. The van der Waals surface area contributed by atoms with E-state index in [-0.39, 0.29) is 4.90 Å². The van der Waals surface area contributed by atoms with Gasteiger partial charge in [-0.25, -0.2) is 12.7 Å². The van der Waals surface area contributed by atoms with Crippen LogP contribution in [0.15, 0.2) is 17.2 Å². The Morgan fingerprint density at radius 3 is 2.65 bits per heavy atom. The van der Waals surface area contributed by atoms with Gasteiger partial charge < -0.3 is 10.7 Å². The van der Waals surface area contributed by atoms with Gasteiger partial charge in [0.05, 0.1) is 4.90 Å². The van der Waals surface area contributed by atoms with Crippen molar-refractivity contribution in [3.8, 4) is 0 Å². The molecule has 0 radical (unpaired) electrons. The Morgan fingerprint density at radius 2 is 2.18 bits per heavy atom. The van der Waals surface area contributed by atoms with Crippen molar-refractivity contribution in [2.45, 2.75) is 31.7 Å². The van der Waals surface area contributed by atoms with E-state index in [1.165, 1.54) is 10.5 Å². The molecule has 1 unspecified atom stereocenters. The van der Waals surface area contributed by atoms with Crippen molar-refractivity contribution < 1.29 is 8.42 Å². The highest BCUT2D eigenvalue weighted by Gasteiger charge is 2.22. The molecule has 1 aromatic rings. The van der Waals surface area contributed by atoms with Crippen molar-refractivity contribution in [1.29, 1.82) is 0 Å². The van der Waals surface area contributed by atoms with E-state index in [0.717, 1.165) is 12.1 Å². The van der Waals surface area contributed by atoms with Crippen LogP contribution < -0.4 is 5.73 Å². The molecule has 0 aliphatic carbocycles. The number of H-pyrrole nitrogens is 1. The van der Waals surface area contributed by atoms with Crippen LogP contribution in [0.2, 0.25) is 0 Å². The fraction of sp³-hybridized carbons (Fsp3) is 0.636. The standard InChI is InChI=1S/C11H21N3O2S/c1-4-9(2)8-14(3)17(15,16)11-5-10(6-12)13-7-11/h5,7,9,13H,4,6,8,12H2,1-3H3. The molecule has 0 saturated carbocycles. The minimum Gasteiger partial charge on any atom is -0.363 e. The number of hydrogen-bond acceptors (Lipinski definition) is 3. The predicted octanol–water partition coefficient (Wildman–Crippen LogP) is 1.14. The quantitative estimate of drug-likeness (QED) is 0.804. The summed E-state index contributed by atoms with van der Waals surface area (Å²) in [7, 11) is -1.78. The molecule has 1 aromatic heterocycles. The minimum absolute atomic E-state index is 0.281. The zero-order valence-corrected chi connectivity index (χ0v) is 11.4. The summed E-state index contributed by atoms with van der Waals surface area (Å²) in [5.74, 6) is 0.350. The second-order valence-corrected chi connectivity index (χ2v) is 6.41. The molecule has 0 amide bonds. The number of sulfonamides is 1. The van der Waals surface area contributed by atoms with E-state index < -0.39 is 10.0 Å². The molecule has 0 aromatic carbocycles. The lowest BCUT2D eigenvalue weighted by molar-refractivity contribution is 0.393. The average molecular weight is 259 g/mol. The van der Waals surface area contributed by atoms with Crippen LogP contribution in [0.25, 0.3) is 0 Å². The zero-order valence-electron chi connectivity index (χ0n) is 10.6. The summed E-state index contributed by atoms with van der Waals surface area (Å²) in [4.78, 5) is 3.13. The Kier molecular flexibility index (Phi) is 4.73. The summed E-state index contributed by atoms with van der Waals surface area (Å²) in [5, 5.41) is 0.